The lowest BCUT2D eigenvalue weighted by atomic mass is 9.95. The molecule has 30 heavy (non-hydrogen) atoms. The van der Waals surface area contributed by atoms with Crippen LogP contribution in [-0.2, 0) is 20.4 Å². The molecule has 1 aromatic heterocycles. The van der Waals surface area contributed by atoms with Crippen molar-refractivity contribution in [1.82, 2.24) is 10.2 Å². The fraction of sp³-hybridized carbons (Fsp3) is 0.286. The third-order valence-electron chi connectivity index (χ3n) is 5.10. The van der Waals surface area contributed by atoms with E-state index in [1.54, 1.807) is 30.3 Å². The van der Waals surface area contributed by atoms with Gasteiger partial charge in [0, 0.05) is 24.7 Å². The van der Waals surface area contributed by atoms with Gasteiger partial charge in [-0.15, -0.1) is 10.2 Å². The standard InChI is InChI=1S/C21H22N4O3S2/c26-20(16-11-13-25(14-12-16)17-7-3-1-4-8-17)22-21-24-23-19(29-21)15-30(27,28)18-9-5-2-6-10-18/h1-10,16H,11-15H2,(H,22,24,26). The maximum atomic E-state index is 12.6. The van der Waals surface area contributed by atoms with Gasteiger partial charge in [-0.2, -0.15) is 0 Å². The van der Waals surface area contributed by atoms with E-state index in [0.29, 0.717) is 10.1 Å². The summed E-state index contributed by atoms with van der Waals surface area (Å²) in [6, 6.07) is 18.4. The lowest BCUT2D eigenvalue weighted by Gasteiger charge is -2.32. The molecule has 7 nitrogen and oxygen atoms in total. The SMILES string of the molecule is O=C(Nc1nnc(CS(=O)(=O)c2ccccc2)s1)C1CCN(c2ccccc2)CC1. The Morgan fingerprint density at radius 2 is 1.63 bits per heavy atom. The summed E-state index contributed by atoms with van der Waals surface area (Å²) in [4.78, 5) is 15.1. The summed E-state index contributed by atoms with van der Waals surface area (Å²) in [5.74, 6) is -0.415. The van der Waals surface area contributed by atoms with E-state index in [0.717, 1.165) is 37.3 Å². The van der Waals surface area contributed by atoms with Crippen LogP contribution in [0.15, 0.2) is 65.6 Å². The van der Waals surface area contributed by atoms with Gasteiger partial charge in [-0.25, -0.2) is 8.42 Å². The topological polar surface area (TPSA) is 92.3 Å². The van der Waals surface area contributed by atoms with Crippen LogP contribution in [0.5, 0.6) is 0 Å². The maximum absolute atomic E-state index is 12.6. The lowest BCUT2D eigenvalue weighted by molar-refractivity contribution is -0.120. The Morgan fingerprint density at radius 3 is 2.30 bits per heavy atom. The number of hydrogen-bond acceptors (Lipinski definition) is 7. The second kappa shape index (κ2) is 8.93. The van der Waals surface area contributed by atoms with Crippen LogP contribution in [0.4, 0.5) is 10.8 Å². The van der Waals surface area contributed by atoms with Gasteiger partial charge in [0.2, 0.25) is 11.0 Å². The Kier molecular flexibility index (Phi) is 6.10. The zero-order valence-corrected chi connectivity index (χ0v) is 17.9. The zero-order valence-electron chi connectivity index (χ0n) is 16.3. The monoisotopic (exact) mass is 442 g/mol. The Balaban J connectivity index is 1.32. The highest BCUT2D eigenvalue weighted by Gasteiger charge is 2.26. The number of piperidine rings is 1. The number of hydrogen-bond donors (Lipinski definition) is 1. The van der Waals surface area contributed by atoms with E-state index in [1.165, 1.54) is 5.69 Å². The summed E-state index contributed by atoms with van der Waals surface area (Å²) in [5, 5.41) is 11.4. The third-order valence-corrected chi connectivity index (χ3v) is 7.77. The molecular formula is C21H22N4O3S2. The van der Waals surface area contributed by atoms with E-state index >= 15 is 0 Å². The molecule has 0 bridgehead atoms. The van der Waals surface area contributed by atoms with Gasteiger partial charge in [0.15, 0.2) is 9.84 Å². The second-order valence-corrected chi connectivity index (χ2v) is 10.2. The maximum Gasteiger partial charge on any atom is 0.229 e. The molecule has 2 aromatic carbocycles. The molecule has 1 aliphatic rings. The van der Waals surface area contributed by atoms with E-state index in [4.69, 9.17) is 0 Å². The van der Waals surface area contributed by atoms with E-state index < -0.39 is 9.84 Å². The number of carbonyl (C=O) groups is 1. The fourth-order valence-corrected chi connectivity index (χ4v) is 5.84. The van der Waals surface area contributed by atoms with E-state index in [1.807, 2.05) is 18.2 Å². The van der Waals surface area contributed by atoms with Crippen molar-refractivity contribution in [1.29, 1.82) is 0 Å². The molecule has 2 heterocycles. The molecule has 156 valence electrons. The quantitative estimate of drug-likeness (QED) is 0.629. The Labute approximate surface area is 179 Å². The fourth-order valence-electron chi connectivity index (χ4n) is 3.48. The highest BCUT2D eigenvalue weighted by atomic mass is 32.2. The third kappa shape index (κ3) is 4.85. The van der Waals surface area contributed by atoms with Gasteiger partial charge in [-0.05, 0) is 37.1 Å². The number of para-hydroxylation sites is 1. The molecule has 1 amide bonds. The van der Waals surface area contributed by atoms with Gasteiger partial charge in [0.05, 0.1) is 4.90 Å². The molecule has 0 aliphatic carbocycles. The first-order chi connectivity index (χ1) is 14.5. The van der Waals surface area contributed by atoms with Crippen LogP contribution in [0.2, 0.25) is 0 Å². The molecule has 3 aromatic rings. The number of nitrogens with one attached hydrogen (secondary N) is 1. The predicted molar refractivity (Wildman–Crippen MR) is 117 cm³/mol. The largest absolute Gasteiger partial charge is 0.371 e. The van der Waals surface area contributed by atoms with E-state index in [-0.39, 0.29) is 22.5 Å². The van der Waals surface area contributed by atoms with Crippen molar-refractivity contribution in [2.24, 2.45) is 5.92 Å². The number of aromatic nitrogens is 2. The molecule has 9 heteroatoms. The first kappa shape index (κ1) is 20.5. The number of carbonyl (C=O) groups excluding carboxylic acids is 1. The number of rotatable bonds is 6. The van der Waals surface area contributed by atoms with Gasteiger partial charge in [-0.1, -0.05) is 47.7 Å². The van der Waals surface area contributed by atoms with Crippen LogP contribution in [0.3, 0.4) is 0 Å². The molecule has 1 N–H and O–H groups in total. The molecule has 0 unspecified atom stereocenters. The summed E-state index contributed by atoms with van der Waals surface area (Å²) >= 11 is 1.10. The second-order valence-electron chi connectivity index (χ2n) is 7.16. The van der Waals surface area contributed by atoms with Crippen molar-refractivity contribution >= 4 is 37.9 Å². The first-order valence-electron chi connectivity index (χ1n) is 9.72. The van der Waals surface area contributed by atoms with Crippen molar-refractivity contribution in [3.63, 3.8) is 0 Å². The van der Waals surface area contributed by atoms with Crippen LogP contribution < -0.4 is 10.2 Å². The summed E-state index contributed by atoms with van der Waals surface area (Å²) in [6.45, 7) is 1.64. The molecule has 4 rings (SSSR count). The molecule has 0 atom stereocenters. The number of sulfone groups is 1. The van der Waals surface area contributed by atoms with Crippen molar-refractivity contribution in [3.8, 4) is 0 Å². The van der Waals surface area contributed by atoms with Gasteiger partial charge >= 0.3 is 0 Å². The van der Waals surface area contributed by atoms with Crippen LogP contribution in [0.25, 0.3) is 0 Å². The molecule has 1 aliphatic heterocycles. The van der Waals surface area contributed by atoms with Gasteiger partial charge in [0.25, 0.3) is 0 Å². The van der Waals surface area contributed by atoms with Crippen molar-refractivity contribution in [2.75, 3.05) is 23.3 Å². The zero-order chi connectivity index (χ0) is 21.0. The minimum Gasteiger partial charge on any atom is -0.371 e. The Bertz CT molecular complexity index is 1090. The summed E-state index contributed by atoms with van der Waals surface area (Å²) < 4.78 is 24.9. The molecular weight excluding hydrogens is 420 g/mol. The van der Waals surface area contributed by atoms with Gasteiger partial charge < -0.3 is 10.2 Å². The summed E-state index contributed by atoms with van der Waals surface area (Å²) in [5.41, 5.74) is 1.17. The molecule has 1 saturated heterocycles. The molecule has 1 fully saturated rings. The van der Waals surface area contributed by atoms with E-state index in [9.17, 15) is 13.2 Å². The average Bonchev–Trinajstić information content (AvgIpc) is 3.21. The smallest absolute Gasteiger partial charge is 0.229 e. The molecule has 0 saturated carbocycles. The number of benzene rings is 2. The number of anilines is 2. The van der Waals surface area contributed by atoms with Crippen molar-refractivity contribution in [3.05, 3.63) is 65.7 Å². The van der Waals surface area contributed by atoms with E-state index in [2.05, 4.69) is 32.5 Å². The highest BCUT2D eigenvalue weighted by Crippen LogP contribution is 2.26. The minimum atomic E-state index is -3.49. The summed E-state index contributed by atoms with van der Waals surface area (Å²) in [6.07, 6.45) is 1.52. The van der Waals surface area contributed by atoms with Crippen molar-refractivity contribution < 1.29 is 13.2 Å². The Hall–Kier alpha value is -2.78. The molecule has 0 spiro atoms. The van der Waals surface area contributed by atoms with Gasteiger partial charge in [0.1, 0.15) is 10.8 Å². The lowest BCUT2D eigenvalue weighted by Crippen LogP contribution is -2.38. The van der Waals surface area contributed by atoms with Crippen LogP contribution in [0.1, 0.15) is 17.8 Å². The number of amides is 1. The highest BCUT2D eigenvalue weighted by molar-refractivity contribution is 7.90. The van der Waals surface area contributed by atoms with Crippen LogP contribution in [-0.4, -0.2) is 37.6 Å². The van der Waals surface area contributed by atoms with Crippen molar-refractivity contribution in [2.45, 2.75) is 23.5 Å². The van der Waals surface area contributed by atoms with Gasteiger partial charge in [-0.3, -0.25) is 4.79 Å². The normalized spacial score (nSPS) is 15.1. The molecule has 0 radical (unpaired) electrons. The number of nitrogens with zero attached hydrogens (tertiary/aromatic N) is 3. The summed E-state index contributed by atoms with van der Waals surface area (Å²) in [7, 11) is -3.49. The average molecular weight is 443 g/mol. The minimum absolute atomic E-state index is 0.0867. The van der Waals surface area contributed by atoms with Crippen LogP contribution >= 0.6 is 11.3 Å². The van der Waals surface area contributed by atoms with Crippen LogP contribution in [0, 0.1) is 5.92 Å². The predicted octanol–water partition coefficient (Wildman–Crippen LogP) is 3.37. The first-order valence-corrected chi connectivity index (χ1v) is 12.2. The Morgan fingerprint density at radius 1 is 1.00 bits per heavy atom.